The molecule has 12 heteroatoms. The molecule has 12 nitrogen and oxygen atoms in total. The summed E-state index contributed by atoms with van der Waals surface area (Å²) in [5.41, 5.74) is 0. The number of carbonyl (C=O) groups excluding carboxylic acids is 2. The molecule has 0 aromatic carbocycles. The molecule has 0 spiro atoms. The molecule has 0 aromatic heterocycles. The quantitative estimate of drug-likeness (QED) is 0.206. The molecule has 0 radical (unpaired) electrons. The van der Waals surface area contributed by atoms with Crippen molar-refractivity contribution in [3.8, 4) is 0 Å². The van der Waals surface area contributed by atoms with Crippen molar-refractivity contribution < 1.29 is 34.2 Å². The Morgan fingerprint density at radius 3 is 2.05 bits per heavy atom. The van der Waals surface area contributed by atoms with Crippen LogP contribution >= 0.6 is 0 Å². The Kier molecular flexibility index (Phi) is 10.6. The first-order valence-electron chi connectivity index (χ1n) is 6.38. The molecular formula is C10H17N3O9. The van der Waals surface area contributed by atoms with Gasteiger partial charge in [-0.1, -0.05) is 0 Å². The predicted molar refractivity (Wildman–Crippen MR) is 68.3 cm³/mol. The Balaban J connectivity index is 3.46. The number of amides is 1. The van der Waals surface area contributed by atoms with Crippen LogP contribution in [-0.4, -0.2) is 48.4 Å². The molecule has 0 aliphatic rings. The third kappa shape index (κ3) is 13.8. The highest BCUT2D eigenvalue weighted by Gasteiger charge is 2.07. The van der Waals surface area contributed by atoms with E-state index in [1.165, 1.54) is 0 Å². The number of nitrogens with one attached hydrogen (secondary N) is 1. The molecule has 1 N–H and O–H groups in total. The highest BCUT2D eigenvalue weighted by atomic mass is 17.0. The number of hydrogen-bond acceptors (Lipinski definition) is 9. The molecule has 126 valence electrons. The lowest BCUT2D eigenvalue weighted by Crippen LogP contribution is -2.30. The van der Waals surface area contributed by atoms with Crippen LogP contribution in [0.4, 0.5) is 0 Å². The van der Waals surface area contributed by atoms with Gasteiger partial charge in [-0.05, 0) is 19.3 Å². The lowest BCUT2D eigenvalue weighted by atomic mass is 10.3. The van der Waals surface area contributed by atoms with Gasteiger partial charge in [0.1, 0.15) is 6.54 Å². The minimum absolute atomic E-state index is 0.0145. The average molecular weight is 323 g/mol. The molecule has 0 aliphatic carbocycles. The largest absolute Gasteiger partial charge is 0.464 e. The number of rotatable bonds is 13. The molecule has 0 bridgehead atoms. The van der Waals surface area contributed by atoms with E-state index in [1.807, 2.05) is 0 Å². The summed E-state index contributed by atoms with van der Waals surface area (Å²) in [4.78, 5) is 50.2. The number of nitrogens with zero attached hydrogens (tertiary/aromatic N) is 2. The summed E-state index contributed by atoms with van der Waals surface area (Å²) in [6.07, 6.45) is 0.889. The van der Waals surface area contributed by atoms with Gasteiger partial charge in [-0.15, -0.1) is 20.2 Å². The molecule has 0 saturated carbocycles. The topological polar surface area (TPSA) is 160 Å². The highest BCUT2D eigenvalue weighted by molar-refractivity contribution is 5.81. The van der Waals surface area contributed by atoms with E-state index < -0.39 is 22.0 Å². The fourth-order valence-corrected chi connectivity index (χ4v) is 1.21. The minimum Gasteiger partial charge on any atom is -0.464 e. The molecular weight excluding hydrogens is 306 g/mol. The third-order valence-corrected chi connectivity index (χ3v) is 2.17. The molecule has 0 aliphatic heterocycles. The maximum Gasteiger partial charge on any atom is 0.325 e. The summed E-state index contributed by atoms with van der Waals surface area (Å²) < 4.78 is 4.76. The number of carbonyl (C=O) groups is 2. The van der Waals surface area contributed by atoms with E-state index in [2.05, 4.69) is 15.0 Å². The maximum atomic E-state index is 11.2. The fraction of sp³-hybridized carbons (Fsp3) is 0.800. The third-order valence-electron chi connectivity index (χ3n) is 2.17. The first-order valence-corrected chi connectivity index (χ1v) is 6.38. The van der Waals surface area contributed by atoms with Gasteiger partial charge >= 0.3 is 5.97 Å². The van der Waals surface area contributed by atoms with Gasteiger partial charge in [0.2, 0.25) is 5.91 Å². The van der Waals surface area contributed by atoms with Gasteiger partial charge in [0.05, 0.1) is 19.8 Å². The van der Waals surface area contributed by atoms with Crippen molar-refractivity contribution in [2.24, 2.45) is 0 Å². The lowest BCUT2D eigenvalue weighted by Gasteiger charge is -2.06. The van der Waals surface area contributed by atoms with E-state index in [0.29, 0.717) is 12.8 Å². The highest BCUT2D eigenvalue weighted by Crippen LogP contribution is 1.93. The summed E-state index contributed by atoms with van der Waals surface area (Å²) in [5.74, 6) is -1.10. The van der Waals surface area contributed by atoms with Crippen LogP contribution in [0.5, 0.6) is 0 Å². The normalized spacial score (nSPS) is 9.64. The molecule has 0 aromatic rings. The first-order chi connectivity index (χ1) is 10.4. The first kappa shape index (κ1) is 19.3. The zero-order valence-corrected chi connectivity index (χ0v) is 11.7. The molecule has 22 heavy (non-hydrogen) atoms. The second-order valence-electron chi connectivity index (χ2n) is 3.92. The predicted octanol–water partition coefficient (Wildman–Crippen LogP) is -0.377. The number of hydrogen-bond donors (Lipinski definition) is 1. The molecule has 1 amide bonds. The molecule has 0 saturated heterocycles. The monoisotopic (exact) mass is 323 g/mol. The van der Waals surface area contributed by atoms with Gasteiger partial charge in [0.15, 0.2) is 0 Å². The van der Waals surface area contributed by atoms with Gasteiger partial charge < -0.3 is 19.7 Å². The van der Waals surface area contributed by atoms with Gasteiger partial charge in [-0.3, -0.25) is 9.59 Å². The Hall–Kier alpha value is -2.66. The number of unbranched alkanes of at least 4 members (excludes halogenated alkanes) is 1. The Labute approximate surface area is 124 Å². The van der Waals surface area contributed by atoms with Crippen molar-refractivity contribution in [3.05, 3.63) is 20.2 Å². The van der Waals surface area contributed by atoms with Crippen LogP contribution in [0, 0.1) is 20.2 Å². The zero-order chi connectivity index (χ0) is 16.8. The zero-order valence-electron chi connectivity index (χ0n) is 11.7. The Morgan fingerprint density at radius 2 is 1.45 bits per heavy atom. The van der Waals surface area contributed by atoms with Crippen molar-refractivity contribution >= 4 is 11.9 Å². The summed E-state index contributed by atoms with van der Waals surface area (Å²) in [5, 5.41) is 20.1. The second-order valence-corrected chi connectivity index (χ2v) is 3.92. The second kappa shape index (κ2) is 12.1. The van der Waals surface area contributed by atoms with E-state index in [0.717, 1.165) is 0 Å². The lowest BCUT2D eigenvalue weighted by molar-refractivity contribution is -0.757. The molecule has 0 atom stereocenters. The van der Waals surface area contributed by atoms with Gasteiger partial charge in [0, 0.05) is 6.42 Å². The maximum absolute atomic E-state index is 11.2. The summed E-state index contributed by atoms with van der Waals surface area (Å²) in [6, 6.07) is 0. The van der Waals surface area contributed by atoms with E-state index in [1.54, 1.807) is 0 Å². The van der Waals surface area contributed by atoms with Crippen LogP contribution < -0.4 is 5.32 Å². The standard InChI is InChI=1S/C10H17N3O9/c14-9(4-3-7-22-13(18)19)11-8-10(15)20-5-1-2-6-21-12(16)17/h1-8H2,(H,11,14). The van der Waals surface area contributed by atoms with Crippen molar-refractivity contribution in [1.82, 2.24) is 5.32 Å². The van der Waals surface area contributed by atoms with Gasteiger partial charge in [0.25, 0.3) is 10.2 Å². The minimum atomic E-state index is -0.952. The van der Waals surface area contributed by atoms with Gasteiger partial charge in [-0.25, -0.2) is 0 Å². The van der Waals surface area contributed by atoms with E-state index in [9.17, 15) is 29.8 Å². The molecule has 0 unspecified atom stereocenters. The summed E-state index contributed by atoms with van der Waals surface area (Å²) >= 11 is 0. The van der Waals surface area contributed by atoms with Crippen LogP contribution in [0.25, 0.3) is 0 Å². The summed E-state index contributed by atoms with van der Waals surface area (Å²) in [6.45, 7) is -0.530. The van der Waals surface area contributed by atoms with Crippen molar-refractivity contribution in [3.63, 3.8) is 0 Å². The molecule has 0 heterocycles. The Bertz CT molecular complexity index is 388. The Morgan fingerprint density at radius 1 is 0.909 bits per heavy atom. The van der Waals surface area contributed by atoms with Crippen molar-refractivity contribution in [1.29, 1.82) is 0 Å². The number of ether oxygens (including phenoxy) is 1. The summed E-state index contributed by atoms with van der Waals surface area (Å²) in [7, 11) is 0. The number of esters is 1. The van der Waals surface area contributed by atoms with Crippen LogP contribution in [0.3, 0.4) is 0 Å². The van der Waals surface area contributed by atoms with Crippen LogP contribution in [0.1, 0.15) is 25.7 Å². The van der Waals surface area contributed by atoms with Crippen LogP contribution in [0.15, 0.2) is 0 Å². The fourth-order valence-electron chi connectivity index (χ4n) is 1.21. The van der Waals surface area contributed by atoms with E-state index in [4.69, 9.17) is 4.74 Å². The van der Waals surface area contributed by atoms with Crippen molar-refractivity contribution in [2.45, 2.75) is 25.7 Å². The van der Waals surface area contributed by atoms with Crippen molar-refractivity contribution in [2.75, 3.05) is 26.4 Å². The SMILES string of the molecule is O=C(CCCO[N+](=O)[O-])NCC(=O)OCCCCO[N+](=O)[O-]. The van der Waals surface area contributed by atoms with E-state index >= 15 is 0 Å². The van der Waals surface area contributed by atoms with Crippen LogP contribution in [-0.2, 0) is 24.0 Å². The van der Waals surface area contributed by atoms with Crippen LogP contribution in [0.2, 0.25) is 0 Å². The van der Waals surface area contributed by atoms with E-state index in [-0.39, 0.29) is 39.2 Å². The average Bonchev–Trinajstić information content (AvgIpc) is 2.44. The smallest absolute Gasteiger partial charge is 0.325 e. The molecule has 0 fully saturated rings. The molecule has 0 rings (SSSR count). The van der Waals surface area contributed by atoms with Gasteiger partial charge in [-0.2, -0.15) is 0 Å².